The summed E-state index contributed by atoms with van der Waals surface area (Å²) in [6.45, 7) is 2.50. The number of benzene rings is 1. The van der Waals surface area contributed by atoms with E-state index in [1.54, 1.807) is 35.6 Å². The first-order valence-corrected chi connectivity index (χ1v) is 9.94. The van der Waals surface area contributed by atoms with Gasteiger partial charge in [-0.2, -0.15) is 0 Å². The van der Waals surface area contributed by atoms with Gasteiger partial charge in [0.15, 0.2) is 0 Å². The number of rotatable bonds is 9. The molecule has 0 aliphatic rings. The minimum absolute atomic E-state index is 0.187. The van der Waals surface area contributed by atoms with Crippen molar-refractivity contribution in [2.24, 2.45) is 0 Å². The molecule has 30 heavy (non-hydrogen) atoms. The van der Waals surface area contributed by atoms with Gasteiger partial charge < -0.3 is 20.8 Å². The molecule has 10 heteroatoms. The number of fused-ring (bicyclic) bond motifs is 1. The zero-order chi connectivity index (χ0) is 21.7. The van der Waals surface area contributed by atoms with Crippen molar-refractivity contribution in [2.45, 2.75) is 32.4 Å². The van der Waals surface area contributed by atoms with Gasteiger partial charge in [0.05, 0.1) is 5.39 Å². The molecule has 1 amide bonds. The molecule has 0 radical (unpaired) electrons. The molecule has 0 aliphatic heterocycles. The second-order valence-electron chi connectivity index (χ2n) is 6.65. The summed E-state index contributed by atoms with van der Waals surface area (Å²) in [4.78, 5) is 44.7. The lowest BCUT2D eigenvalue weighted by Crippen LogP contribution is -2.41. The summed E-state index contributed by atoms with van der Waals surface area (Å²) in [7, 11) is 0. The quantitative estimate of drug-likeness (QED) is 0.408. The Balaban J connectivity index is 1.61. The summed E-state index contributed by atoms with van der Waals surface area (Å²) in [6, 6.07) is 7.46. The van der Waals surface area contributed by atoms with E-state index in [9.17, 15) is 14.4 Å². The molecule has 0 fully saturated rings. The van der Waals surface area contributed by atoms with Crippen LogP contribution in [0.1, 0.15) is 33.6 Å². The van der Waals surface area contributed by atoms with Crippen LogP contribution in [-0.2, 0) is 16.1 Å². The Kier molecular flexibility index (Phi) is 6.58. The molecule has 156 valence electrons. The molecule has 9 nitrogen and oxygen atoms in total. The predicted molar refractivity (Wildman–Crippen MR) is 112 cm³/mol. The monoisotopic (exact) mass is 428 g/mol. The number of thiophene rings is 1. The molecule has 1 aromatic carbocycles. The fraction of sp³-hybridized carbons (Fsp3) is 0.250. The Morgan fingerprint density at radius 2 is 1.87 bits per heavy atom. The van der Waals surface area contributed by atoms with E-state index in [0.717, 1.165) is 26.5 Å². The van der Waals surface area contributed by atoms with Gasteiger partial charge in [0.2, 0.25) is 0 Å². The Labute approximate surface area is 175 Å². The summed E-state index contributed by atoms with van der Waals surface area (Å²) in [5.41, 5.74) is 1.20. The van der Waals surface area contributed by atoms with E-state index in [2.05, 4.69) is 20.6 Å². The standard InChI is InChI=1S/C20H20N4O5S/c1-11-8-14-17(22-10-23-19(14)30-11)21-9-12-2-4-13(5-3-12)18(27)24-15(20(28)29)6-7-16(25)26/h2-5,8,10,15H,6-7,9H2,1H3,(H,24,27)(H,25,26)(H,28,29)(H,21,22,23). The fourth-order valence-electron chi connectivity index (χ4n) is 2.84. The van der Waals surface area contributed by atoms with Crippen LogP contribution in [0, 0.1) is 6.92 Å². The summed E-state index contributed by atoms with van der Waals surface area (Å²) in [5.74, 6) is -2.23. The highest BCUT2D eigenvalue weighted by molar-refractivity contribution is 7.18. The Morgan fingerprint density at radius 1 is 1.13 bits per heavy atom. The molecular formula is C20H20N4O5S. The van der Waals surface area contributed by atoms with E-state index in [-0.39, 0.29) is 12.8 Å². The molecule has 2 aromatic heterocycles. The Hall–Kier alpha value is -3.53. The maximum absolute atomic E-state index is 12.3. The molecule has 0 saturated carbocycles. The molecule has 0 bridgehead atoms. The zero-order valence-corrected chi connectivity index (χ0v) is 16.9. The third kappa shape index (κ3) is 5.29. The highest BCUT2D eigenvalue weighted by Crippen LogP contribution is 2.27. The van der Waals surface area contributed by atoms with Gasteiger partial charge in [0.1, 0.15) is 23.0 Å². The van der Waals surface area contributed by atoms with E-state index in [4.69, 9.17) is 10.2 Å². The molecule has 3 rings (SSSR count). The molecule has 0 spiro atoms. The Bertz CT molecular complexity index is 1080. The van der Waals surface area contributed by atoms with Crippen LogP contribution in [0.2, 0.25) is 0 Å². The van der Waals surface area contributed by atoms with Crippen molar-refractivity contribution in [3.63, 3.8) is 0 Å². The fourth-order valence-corrected chi connectivity index (χ4v) is 3.69. The number of carboxylic acids is 2. The maximum Gasteiger partial charge on any atom is 0.326 e. The van der Waals surface area contributed by atoms with Crippen molar-refractivity contribution in [3.8, 4) is 0 Å². The largest absolute Gasteiger partial charge is 0.481 e. The summed E-state index contributed by atoms with van der Waals surface area (Å²) >= 11 is 1.59. The number of amides is 1. The minimum atomic E-state index is -1.27. The van der Waals surface area contributed by atoms with Gasteiger partial charge in [-0.05, 0) is 37.1 Å². The smallest absolute Gasteiger partial charge is 0.326 e. The lowest BCUT2D eigenvalue weighted by Gasteiger charge is -2.14. The lowest BCUT2D eigenvalue weighted by molar-refractivity contribution is -0.140. The van der Waals surface area contributed by atoms with Crippen molar-refractivity contribution in [1.82, 2.24) is 15.3 Å². The number of aryl methyl sites for hydroxylation is 1. The molecule has 0 saturated heterocycles. The van der Waals surface area contributed by atoms with Crippen LogP contribution in [0.3, 0.4) is 0 Å². The van der Waals surface area contributed by atoms with Crippen LogP contribution < -0.4 is 10.6 Å². The minimum Gasteiger partial charge on any atom is -0.481 e. The SMILES string of the molecule is Cc1cc2c(NCc3ccc(C(=O)NC(CCC(=O)O)C(=O)O)cc3)ncnc2s1. The van der Waals surface area contributed by atoms with E-state index in [0.29, 0.717) is 12.1 Å². The number of nitrogens with one attached hydrogen (secondary N) is 2. The lowest BCUT2D eigenvalue weighted by atomic mass is 10.1. The molecule has 3 aromatic rings. The van der Waals surface area contributed by atoms with Crippen LogP contribution in [0.25, 0.3) is 10.2 Å². The van der Waals surface area contributed by atoms with Crippen LogP contribution >= 0.6 is 11.3 Å². The molecule has 4 N–H and O–H groups in total. The highest BCUT2D eigenvalue weighted by Gasteiger charge is 2.21. The van der Waals surface area contributed by atoms with Crippen molar-refractivity contribution in [1.29, 1.82) is 0 Å². The number of hydrogen-bond acceptors (Lipinski definition) is 7. The number of anilines is 1. The number of carbonyl (C=O) groups excluding carboxylic acids is 1. The average molecular weight is 428 g/mol. The first-order chi connectivity index (χ1) is 14.3. The van der Waals surface area contributed by atoms with Crippen LogP contribution in [0.4, 0.5) is 5.82 Å². The topological polar surface area (TPSA) is 142 Å². The van der Waals surface area contributed by atoms with Crippen molar-refractivity contribution < 1.29 is 24.6 Å². The van der Waals surface area contributed by atoms with E-state index in [1.165, 1.54) is 6.33 Å². The van der Waals surface area contributed by atoms with Gasteiger partial charge in [0.25, 0.3) is 5.91 Å². The average Bonchev–Trinajstić information content (AvgIpc) is 3.10. The molecule has 0 aliphatic carbocycles. The van der Waals surface area contributed by atoms with Gasteiger partial charge >= 0.3 is 11.9 Å². The van der Waals surface area contributed by atoms with Crippen LogP contribution in [-0.4, -0.2) is 44.1 Å². The van der Waals surface area contributed by atoms with Gasteiger partial charge in [0, 0.05) is 23.4 Å². The first kappa shape index (κ1) is 21.2. The third-order valence-corrected chi connectivity index (χ3v) is 5.34. The van der Waals surface area contributed by atoms with Crippen molar-refractivity contribution in [3.05, 3.63) is 52.7 Å². The number of hydrogen-bond donors (Lipinski definition) is 4. The van der Waals surface area contributed by atoms with E-state index in [1.807, 2.05) is 13.0 Å². The summed E-state index contributed by atoms with van der Waals surface area (Å²) < 4.78 is 0. The normalized spacial score (nSPS) is 11.8. The van der Waals surface area contributed by atoms with Gasteiger partial charge in [-0.3, -0.25) is 9.59 Å². The molecule has 1 atom stereocenters. The van der Waals surface area contributed by atoms with E-state index >= 15 is 0 Å². The van der Waals surface area contributed by atoms with Crippen LogP contribution in [0.15, 0.2) is 36.7 Å². The second kappa shape index (κ2) is 9.31. The molecule has 2 heterocycles. The van der Waals surface area contributed by atoms with E-state index < -0.39 is 23.9 Å². The number of carbonyl (C=O) groups is 3. The van der Waals surface area contributed by atoms with Gasteiger partial charge in [-0.15, -0.1) is 11.3 Å². The number of nitrogens with zero attached hydrogens (tertiary/aromatic N) is 2. The second-order valence-corrected chi connectivity index (χ2v) is 7.88. The summed E-state index contributed by atoms with van der Waals surface area (Å²) in [6.07, 6.45) is 0.979. The van der Waals surface area contributed by atoms with Gasteiger partial charge in [-0.25, -0.2) is 14.8 Å². The number of aliphatic carboxylic acids is 2. The van der Waals surface area contributed by atoms with Gasteiger partial charge in [-0.1, -0.05) is 12.1 Å². The van der Waals surface area contributed by atoms with Crippen molar-refractivity contribution in [2.75, 3.05) is 5.32 Å². The molecule has 1 unspecified atom stereocenters. The summed E-state index contributed by atoms with van der Waals surface area (Å²) in [5, 5.41) is 24.4. The first-order valence-electron chi connectivity index (χ1n) is 9.13. The van der Waals surface area contributed by atoms with Crippen molar-refractivity contribution >= 4 is 45.2 Å². The molecular weight excluding hydrogens is 408 g/mol. The Morgan fingerprint density at radius 3 is 2.53 bits per heavy atom. The van der Waals surface area contributed by atoms with Crippen LogP contribution in [0.5, 0.6) is 0 Å². The zero-order valence-electron chi connectivity index (χ0n) is 16.1. The predicted octanol–water partition coefficient (Wildman–Crippen LogP) is 2.66. The number of carboxylic acid groups (broad SMARTS) is 2. The third-order valence-electron chi connectivity index (χ3n) is 4.38. The maximum atomic E-state index is 12.3. The highest BCUT2D eigenvalue weighted by atomic mass is 32.1. The number of aromatic nitrogens is 2.